The van der Waals surface area contributed by atoms with E-state index in [0.717, 1.165) is 13.0 Å². The van der Waals surface area contributed by atoms with Crippen molar-refractivity contribution in [1.82, 2.24) is 10.6 Å². The first kappa shape index (κ1) is 18.8. The van der Waals surface area contributed by atoms with Gasteiger partial charge in [-0.15, -0.1) is 12.4 Å². The number of thiocarbonyl (C=S) groups is 1. The number of rotatable bonds is 8. The number of hydrogen-bond donors (Lipinski definition) is 4. The maximum absolute atomic E-state index is 6.97. The summed E-state index contributed by atoms with van der Waals surface area (Å²) >= 11 is 4.92. The first-order valence-electron chi connectivity index (χ1n) is 6.05. The molecule has 0 aromatic carbocycles. The molecule has 0 atom stereocenters. The Hall–Kier alpha value is -0.550. The number of halogens is 1. The molecule has 0 aliphatic heterocycles. The van der Waals surface area contributed by atoms with Crippen molar-refractivity contribution in [3.63, 3.8) is 0 Å². The van der Waals surface area contributed by atoms with Gasteiger partial charge in [-0.2, -0.15) is 0 Å². The molecule has 0 unspecified atom stereocenters. The molecule has 0 spiro atoms. The van der Waals surface area contributed by atoms with Crippen LogP contribution in [0.4, 0.5) is 0 Å². The van der Waals surface area contributed by atoms with Crippen LogP contribution in [0.25, 0.3) is 0 Å². The molecule has 4 nitrogen and oxygen atoms in total. The zero-order valence-corrected chi connectivity index (χ0v) is 12.2. The van der Waals surface area contributed by atoms with E-state index in [1.165, 1.54) is 38.5 Å². The van der Waals surface area contributed by atoms with Crippen LogP contribution < -0.4 is 16.4 Å². The van der Waals surface area contributed by atoms with Gasteiger partial charge in [0, 0.05) is 6.54 Å². The molecule has 0 aliphatic rings. The van der Waals surface area contributed by atoms with Crippen LogP contribution in [0.15, 0.2) is 0 Å². The van der Waals surface area contributed by atoms with Gasteiger partial charge in [0.05, 0.1) is 0 Å². The standard InChI is InChI=1S/C11H24N4S.ClH/c1-2-3-4-5-6-7-8-9-14-11(16)15-10(12)13;/h2-9H2,1H3,(H5,12,13,14,15,16);1H. The molecule has 0 heterocycles. The maximum atomic E-state index is 6.97. The lowest BCUT2D eigenvalue weighted by Crippen LogP contribution is -2.42. The van der Waals surface area contributed by atoms with Crippen LogP contribution in [0.1, 0.15) is 51.9 Å². The average Bonchev–Trinajstić information content (AvgIpc) is 2.21. The van der Waals surface area contributed by atoms with Crippen LogP contribution in [0, 0.1) is 5.41 Å². The molecule has 0 saturated carbocycles. The van der Waals surface area contributed by atoms with E-state index in [2.05, 4.69) is 17.6 Å². The predicted molar refractivity (Wildman–Crippen MR) is 80.9 cm³/mol. The molecule has 0 aromatic heterocycles. The highest BCUT2D eigenvalue weighted by Gasteiger charge is 1.95. The summed E-state index contributed by atoms with van der Waals surface area (Å²) in [6, 6.07) is 0. The van der Waals surface area contributed by atoms with E-state index in [-0.39, 0.29) is 18.4 Å². The molecule has 0 aliphatic carbocycles. The van der Waals surface area contributed by atoms with E-state index in [4.69, 9.17) is 23.4 Å². The van der Waals surface area contributed by atoms with Crippen molar-refractivity contribution in [3.05, 3.63) is 0 Å². The molecule has 0 saturated heterocycles. The summed E-state index contributed by atoms with van der Waals surface area (Å²) in [4.78, 5) is 0. The Morgan fingerprint density at radius 3 is 2.18 bits per heavy atom. The first-order chi connectivity index (χ1) is 7.66. The van der Waals surface area contributed by atoms with Gasteiger partial charge in [0.25, 0.3) is 0 Å². The van der Waals surface area contributed by atoms with E-state index >= 15 is 0 Å². The highest BCUT2D eigenvalue weighted by Crippen LogP contribution is 2.06. The third-order valence-electron chi connectivity index (χ3n) is 2.31. The van der Waals surface area contributed by atoms with E-state index in [9.17, 15) is 0 Å². The van der Waals surface area contributed by atoms with Crippen LogP contribution in [-0.4, -0.2) is 17.6 Å². The van der Waals surface area contributed by atoms with Gasteiger partial charge >= 0.3 is 0 Å². The molecule has 6 heteroatoms. The fourth-order valence-electron chi connectivity index (χ4n) is 1.45. The molecular formula is C11H25ClN4S. The van der Waals surface area contributed by atoms with Crippen molar-refractivity contribution in [1.29, 1.82) is 5.41 Å². The van der Waals surface area contributed by atoms with Crippen LogP contribution in [0.3, 0.4) is 0 Å². The lowest BCUT2D eigenvalue weighted by Gasteiger charge is -2.08. The minimum atomic E-state index is -0.114. The average molecular weight is 281 g/mol. The summed E-state index contributed by atoms with van der Waals surface area (Å²) in [7, 11) is 0. The van der Waals surface area contributed by atoms with Gasteiger partial charge in [-0.3, -0.25) is 5.41 Å². The van der Waals surface area contributed by atoms with Gasteiger partial charge in [-0.1, -0.05) is 45.4 Å². The van der Waals surface area contributed by atoms with Crippen LogP contribution in [0.5, 0.6) is 0 Å². The summed E-state index contributed by atoms with van der Waals surface area (Å²) in [5.74, 6) is -0.114. The number of guanidine groups is 1. The molecule has 0 rings (SSSR count). The Labute approximate surface area is 116 Å². The second kappa shape index (κ2) is 13.5. The fourth-order valence-corrected chi connectivity index (χ4v) is 1.66. The van der Waals surface area contributed by atoms with Crippen molar-refractivity contribution >= 4 is 35.7 Å². The molecule has 0 amide bonds. The normalized spacial score (nSPS) is 9.24. The number of hydrogen-bond acceptors (Lipinski definition) is 2. The van der Waals surface area contributed by atoms with Gasteiger partial charge in [0.2, 0.25) is 0 Å². The van der Waals surface area contributed by atoms with Crippen molar-refractivity contribution in [2.24, 2.45) is 5.73 Å². The van der Waals surface area contributed by atoms with Gasteiger partial charge in [0.1, 0.15) is 0 Å². The lowest BCUT2D eigenvalue weighted by molar-refractivity contribution is 0.585. The third-order valence-corrected chi connectivity index (χ3v) is 2.56. The van der Waals surface area contributed by atoms with Gasteiger partial charge in [0.15, 0.2) is 11.1 Å². The van der Waals surface area contributed by atoms with Crippen molar-refractivity contribution in [2.75, 3.05) is 6.54 Å². The number of unbranched alkanes of at least 4 members (excludes halogenated alkanes) is 6. The van der Waals surface area contributed by atoms with E-state index in [1.807, 2.05) is 0 Å². The fraction of sp³-hybridized carbons (Fsp3) is 0.818. The highest BCUT2D eigenvalue weighted by molar-refractivity contribution is 7.80. The summed E-state index contributed by atoms with van der Waals surface area (Å²) in [5, 5.41) is 13.0. The van der Waals surface area contributed by atoms with Crippen molar-refractivity contribution < 1.29 is 0 Å². The minimum Gasteiger partial charge on any atom is -0.370 e. The van der Waals surface area contributed by atoms with Crippen LogP contribution in [-0.2, 0) is 0 Å². The Bertz CT molecular complexity index is 212. The quantitative estimate of drug-likeness (QED) is 0.239. The Kier molecular flexibility index (Phi) is 15.0. The second-order valence-corrected chi connectivity index (χ2v) is 4.32. The minimum absolute atomic E-state index is 0. The summed E-state index contributed by atoms with van der Waals surface area (Å²) in [6.45, 7) is 3.08. The zero-order chi connectivity index (χ0) is 12.2. The Balaban J connectivity index is 0. The predicted octanol–water partition coefficient (Wildman–Crippen LogP) is 2.52. The maximum Gasteiger partial charge on any atom is 0.192 e. The van der Waals surface area contributed by atoms with Gasteiger partial charge in [-0.05, 0) is 18.6 Å². The summed E-state index contributed by atoms with van der Waals surface area (Å²) in [5.41, 5.74) is 5.14. The molecular weight excluding hydrogens is 256 g/mol. The third kappa shape index (κ3) is 15.4. The molecule has 0 bridgehead atoms. The SMILES string of the molecule is CCCCCCCCCNC(=S)NC(=N)N.Cl. The lowest BCUT2D eigenvalue weighted by atomic mass is 10.1. The Morgan fingerprint density at radius 2 is 1.65 bits per heavy atom. The molecule has 0 fully saturated rings. The van der Waals surface area contributed by atoms with Gasteiger partial charge in [-0.25, -0.2) is 0 Å². The van der Waals surface area contributed by atoms with Crippen LogP contribution in [0.2, 0.25) is 0 Å². The molecule has 17 heavy (non-hydrogen) atoms. The first-order valence-corrected chi connectivity index (χ1v) is 6.46. The monoisotopic (exact) mass is 280 g/mol. The topological polar surface area (TPSA) is 73.9 Å². The molecule has 0 radical (unpaired) electrons. The second-order valence-electron chi connectivity index (χ2n) is 3.92. The molecule has 102 valence electrons. The Morgan fingerprint density at radius 1 is 1.12 bits per heavy atom. The number of nitrogens with one attached hydrogen (secondary N) is 3. The summed E-state index contributed by atoms with van der Waals surface area (Å²) < 4.78 is 0. The highest BCUT2D eigenvalue weighted by atomic mass is 35.5. The van der Waals surface area contributed by atoms with E-state index in [1.54, 1.807) is 0 Å². The van der Waals surface area contributed by atoms with Crippen LogP contribution >= 0.6 is 24.6 Å². The van der Waals surface area contributed by atoms with E-state index < -0.39 is 0 Å². The molecule has 0 aromatic rings. The number of nitrogens with two attached hydrogens (primary N) is 1. The smallest absolute Gasteiger partial charge is 0.192 e. The molecule has 5 N–H and O–H groups in total. The van der Waals surface area contributed by atoms with E-state index in [0.29, 0.717) is 5.11 Å². The van der Waals surface area contributed by atoms with Gasteiger partial charge < -0.3 is 16.4 Å². The zero-order valence-electron chi connectivity index (χ0n) is 10.6. The van der Waals surface area contributed by atoms with Crippen molar-refractivity contribution in [3.8, 4) is 0 Å². The summed E-state index contributed by atoms with van der Waals surface area (Å²) in [6.07, 6.45) is 9.00. The van der Waals surface area contributed by atoms with Crippen molar-refractivity contribution in [2.45, 2.75) is 51.9 Å². The largest absolute Gasteiger partial charge is 0.370 e.